The molecule has 0 unspecified atom stereocenters. The highest BCUT2D eigenvalue weighted by Crippen LogP contribution is 2.63. The van der Waals surface area contributed by atoms with Gasteiger partial charge in [0, 0.05) is 22.0 Å². The van der Waals surface area contributed by atoms with Crippen molar-refractivity contribution >= 4 is 45.5 Å². The quantitative estimate of drug-likeness (QED) is 0.0364. The molecule has 2 heterocycles. The molecular formula is C82H134N4S2. The number of aryl methyl sites for hydroxylation is 2. The third-order valence-electron chi connectivity index (χ3n) is 22.0. The van der Waals surface area contributed by atoms with Crippen molar-refractivity contribution in [3.8, 4) is 22.3 Å². The maximum atomic E-state index is 5.32. The van der Waals surface area contributed by atoms with Crippen LogP contribution in [0.4, 0.5) is 0 Å². The molecule has 4 nitrogen and oxygen atoms in total. The molecule has 0 bridgehead atoms. The van der Waals surface area contributed by atoms with Crippen molar-refractivity contribution in [2.24, 2.45) is 0 Å². The van der Waals surface area contributed by atoms with Crippen LogP contribution in [0.5, 0.6) is 0 Å². The molecule has 0 aliphatic heterocycles. The third-order valence-corrected chi connectivity index (χ3v) is 23.1. The van der Waals surface area contributed by atoms with Crippen LogP contribution in [-0.2, 0) is 10.8 Å². The Morgan fingerprint density at radius 3 is 0.648 bits per heavy atom. The van der Waals surface area contributed by atoms with E-state index in [-0.39, 0.29) is 10.8 Å². The second-order valence-electron chi connectivity index (χ2n) is 29.2. The molecule has 0 radical (unpaired) electrons. The van der Waals surface area contributed by atoms with Gasteiger partial charge in [0.15, 0.2) is 0 Å². The highest BCUT2D eigenvalue weighted by molar-refractivity contribution is 7.00. The van der Waals surface area contributed by atoms with E-state index >= 15 is 0 Å². The average molecular weight is 1240 g/mol. The standard InChI is InChI=1S/C82H134N4S2/c1-7-11-15-19-23-27-31-35-39-43-47-51-55-59-81(60-56-52-48-44-40-36-32-28-24-20-16-12-8-2)71-65-70-72(66-69(71)75-73(81)63-67(5)77-79(75)85-87-83-77)82(74-64-68(6)78-80(76(70)74)86-88-84-78,61-57-53-49-45-41-37-33-29-25-21-17-13-9-3)62-58-54-50-46-42-38-34-30-26-22-18-14-10-4/h63-66H,7-62H2,1-6H3. The first-order valence-corrected chi connectivity index (χ1v) is 40.6. The number of hydrogen-bond acceptors (Lipinski definition) is 6. The summed E-state index contributed by atoms with van der Waals surface area (Å²) in [7, 11) is 0. The number of hydrogen-bond donors (Lipinski definition) is 0. The SMILES string of the molecule is CCCCCCCCCCCCCCCC1(CCCCCCCCCCCCCCC)c2cc3c(cc2-c2c1cc(C)c1nsnc21)C(CCCCCCCCCCCCCCC)(CCCCCCCCCCCCCCC)c1cc(C)c2nsnc2c1-3. The molecule has 7 rings (SSSR count). The van der Waals surface area contributed by atoms with Crippen LogP contribution >= 0.6 is 23.5 Å². The van der Waals surface area contributed by atoms with Gasteiger partial charge in [0.05, 0.1) is 23.5 Å². The van der Waals surface area contributed by atoms with Crippen molar-refractivity contribution in [2.75, 3.05) is 0 Å². The molecule has 0 N–H and O–H groups in total. The zero-order valence-electron chi connectivity index (χ0n) is 58.5. The molecule has 0 fully saturated rings. The predicted molar refractivity (Wildman–Crippen MR) is 392 cm³/mol. The van der Waals surface area contributed by atoms with Crippen LogP contribution in [0.1, 0.15) is 421 Å². The van der Waals surface area contributed by atoms with Crippen molar-refractivity contribution in [2.45, 2.75) is 412 Å². The number of unbranched alkanes of at least 4 members (excludes halogenated alkanes) is 48. The van der Waals surface area contributed by atoms with Crippen molar-refractivity contribution in [1.29, 1.82) is 0 Å². The van der Waals surface area contributed by atoms with Gasteiger partial charge in [-0.05, 0) is 96.2 Å². The van der Waals surface area contributed by atoms with E-state index in [9.17, 15) is 0 Å². The average Bonchev–Trinajstić information content (AvgIpc) is 1.53. The van der Waals surface area contributed by atoms with Gasteiger partial charge in [0.2, 0.25) is 0 Å². The van der Waals surface area contributed by atoms with Gasteiger partial charge in [0.1, 0.15) is 22.1 Å². The fourth-order valence-corrected chi connectivity index (χ4v) is 17.9. The lowest BCUT2D eigenvalue weighted by atomic mass is 9.68. The van der Waals surface area contributed by atoms with Crippen LogP contribution in [0.2, 0.25) is 0 Å². The van der Waals surface area contributed by atoms with Crippen LogP contribution in [0.15, 0.2) is 24.3 Å². The molecule has 0 atom stereocenters. The monoisotopic (exact) mass is 1240 g/mol. The predicted octanol–water partition coefficient (Wildman–Crippen LogP) is 28.8. The molecule has 2 aliphatic carbocycles. The maximum absolute atomic E-state index is 5.32. The summed E-state index contributed by atoms with van der Waals surface area (Å²) in [4.78, 5) is 0. The van der Waals surface area contributed by atoms with Crippen molar-refractivity contribution in [1.82, 2.24) is 17.5 Å². The normalized spacial score (nSPS) is 13.8. The Labute approximate surface area is 551 Å². The first kappa shape index (κ1) is 72.7. The van der Waals surface area contributed by atoms with Crippen molar-refractivity contribution < 1.29 is 0 Å². The Kier molecular flexibility index (Phi) is 35.1. The molecule has 494 valence electrons. The molecule has 0 spiro atoms. The van der Waals surface area contributed by atoms with Crippen LogP contribution < -0.4 is 0 Å². The Hall–Kier alpha value is -2.70. The van der Waals surface area contributed by atoms with E-state index in [1.165, 1.54) is 427 Å². The van der Waals surface area contributed by atoms with Gasteiger partial charge in [-0.2, -0.15) is 17.5 Å². The van der Waals surface area contributed by atoms with Gasteiger partial charge in [-0.25, -0.2) is 0 Å². The van der Waals surface area contributed by atoms with E-state index in [0.29, 0.717) is 0 Å². The molecule has 5 aromatic rings. The molecule has 0 amide bonds. The molecular weight excluding hydrogens is 1110 g/mol. The lowest BCUT2D eigenvalue weighted by Gasteiger charge is -2.35. The molecule has 2 aliphatic rings. The van der Waals surface area contributed by atoms with E-state index in [1.54, 1.807) is 22.3 Å². The van der Waals surface area contributed by atoms with Gasteiger partial charge in [-0.1, -0.05) is 374 Å². The minimum absolute atomic E-state index is 0.0442. The molecule has 0 saturated heterocycles. The van der Waals surface area contributed by atoms with E-state index in [2.05, 4.69) is 65.8 Å². The molecule has 3 aromatic carbocycles. The number of fused-ring (bicyclic) bond motifs is 10. The van der Waals surface area contributed by atoms with E-state index in [1.807, 2.05) is 0 Å². The number of benzene rings is 3. The number of aromatic nitrogens is 4. The summed E-state index contributed by atoms with van der Waals surface area (Å²) < 4.78 is 20.8. The minimum atomic E-state index is -0.0442. The topological polar surface area (TPSA) is 51.6 Å². The molecule has 2 aromatic heterocycles. The first-order chi connectivity index (χ1) is 43.5. The summed E-state index contributed by atoms with van der Waals surface area (Å²) in [6, 6.07) is 10.9. The van der Waals surface area contributed by atoms with Gasteiger partial charge in [0.25, 0.3) is 0 Å². The van der Waals surface area contributed by atoms with Gasteiger partial charge < -0.3 is 0 Å². The van der Waals surface area contributed by atoms with Crippen LogP contribution in [0.25, 0.3) is 44.3 Å². The summed E-state index contributed by atoms with van der Waals surface area (Å²) in [5, 5.41) is 0. The lowest BCUT2D eigenvalue weighted by molar-refractivity contribution is 0.393. The summed E-state index contributed by atoms with van der Waals surface area (Å²) >= 11 is 2.88. The molecule has 6 heteroatoms. The Balaban J connectivity index is 1.16. The van der Waals surface area contributed by atoms with Gasteiger partial charge in [-0.3, -0.25) is 0 Å². The van der Waals surface area contributed by atoms with E-state index < -0.39 is 0 Å². The minimum Gasteiger partial charge on any atom is -0.173 e. The Bertz CT molecular complexity index is 2400. The Morgan fingerprint density at radius 1 is 0.239 bits per heavy atom. The fraction of sp³-hybridized carbons (Fsp3) is 0.780. The molecule has 88 heavy (non-hydrogen) atoms. The Morgan fingerprint density at radius 2 is 0.432 bits per heavy atom. The molecule has 0 saturated carbocycles. The fourth-order valence-electron chi connectivity index (χ4n) is 16.7. The summed E-state index contributed by atoms with van der Waals surface area (Å²) in [5.41, 5.74) is 19.5. The summed E-state index contributed by atoms with van der Waals surface area (Å²) in [6.45, 7) is 14.0. The largest absolute Gasteiger partial charge is 0.173 e. The zero-order valence-corrected chi connectivity index (χ0v) is 60.1. The second kappa shape index (κ2) is 42.5. The van der Waals surface area contributed by atoms with Gasteiger partial charge in [-0.15, -0.1) is 0 Å². The van der Waals surface area contributed by atoms with Crippen LogP contribution in [-0.4, -0.2) is 17.5 Å². The highest BCUT2D eigenvalue weighted by atomic mass is 32.1. The lowest BCUT2D eigenvalue weighted by Crippen LogP contribution is -2.27. The zero-order chi connectivity index (χ0) is 61.8. The second-order valence-corrected chi connectivity index (χ2v) is 30.3. The number of nitrogens with zero attached hydrogens (tertiary/aromatic N) is 4. The van der Waals surface area contributed by atoms with Crippen LogP contribution in [0, 0.1) is 13.8 Å². The van der Waals surface area contributed by atoms with Crippen molar-refractivity contribution in [3.63, 3.8) is 0 Å². The highest BCUT2D eigenvalue weighted by Gasteiger charge is 2.49. The third kappa shape index (κ3) is 21.7. The smallest absolute Gasteiger partial charge is 0.113 e. The summed E-state index contributed by atoms with van der Waals surface area (Å²) in [6.07, 6.45) is 77.4. The van der Waals surface area contributed by atoms with Gasteiger partial charge >= 0.3 is 0 Å². The first-order valence-electron chi connectivity index (χ1n) is 39.2. The maximum Gasteiger partial charge on any atom is 0.113 e. The summed E-state index contributed by atoms with van der Waals surface area (Å²) in [5.74, 6) is 0. The van der Waals surface area contributed by atoms with Crippen molar-refractivity contribution in [3.05, 3.63) is 57.6 Å². The van der Waals surface area contributed by atoms with Crippen LogP contribution in [0.3, 0.4) is 0 Å². The van der Waals surface area contributed by atoms with E-state index in [0.717, 1.165) is 11.0 Å². The number of rotatable bonds is 56. The van der Waals surface area contributed by atoms with E-state index in [4.69, 9.17) is 17.5 Å².